The number of nitrogens with zero attached hydrogens (tertiary/aromatic N) is 1. The van der Waals surface area contributed by atoms with Crippen molar-refractivity contribution in [3.05, 3.63) is 0 Å². The van der Waals surface area contributed by atoms with E-state index in [2.05, 4.69) is 12.2 Å². The lowest BCUT2D eigenvalue weighted by Crippen LogP contribution is -2.41. The Bertz CT molecular complexity index is 278. The van der Waals surface area contributed by atoms with Crippen molar-refractivity contribution in [2.75, 3.05) is 13.1 Å². The summed E-state index contributed by atoms with van der Waals surface area (Å²) in [7, 11) is 0. The van der Waals surface area contributed by atoms with E-state index in [0.29, 0.717) is 19.0 Å². The molecule has 0 radical (unpaired) electrons. The molecule has 0 bridgehead atoms. The molecule has 2 aliphatic rings. The van der Waals surface area contributed by atoms with Crippen molar-refractivity contribution in [3.8, 4) is 0 Å². The predicted octanol–water partition coefficient (Wildman–Crippen LogP) is 0.524. The van der Waals surface area contributed by atoms with Gasteiger partial charge in [0.2, 0.25) is 11.8 Å². The van der Waals surface area contributed by atoms with Gasteiger partial charge in [-0.05, 0) is 25.2 Å². The molecule has 1 aliphatic heterocycles. The lowest BCUT2D eigenvalue weighted by molar-refractivity contribution is -0.132. The molecule has 15 heavy (non-hydrogen) atoms. The normalized spacial score (nSPS) is 32.7. The summed E-state index contributed by atoms with van der Waals surface area (Å²) >= 11 is 0. The third-order valence-electron chi connectivity index (χ3n) is 3.44. The predicted molar refractivity (Wildman–Crippen MR) is 56.1 cm³/mol. The first-order valence-electron chi connectivity index (χ1n) is 5.73. The van der Waals surface area contributed by atoms with E-state index in [-0.39, 0.29) is 18.4 Å². The molecule has 0 aromatic heterocycles. The van der Waals surface area contributed by atoms with Gasteiger partial charge in [0.1, 0.15) is 0 Å². The topological polar surface area (TPSA) is 49.4 Å². The number of carbonyl (C=O) groups is 2. The second kappa shape index (κ2) is 4.21. The molecule has 0 aromatic rings. The van der Waals surface area contributed by atoms with Crippen molar-refractivity contribution in [2.45, 2.75) is 38.6 Å². The highest BCUT2D eigenvalue weighted by Gasteiger charge is 2.31. The molecule has 1 N–H and O–H groups in total. The van der Waals surface area contributed by atoms with E-state index in [0.717, 1.165) is 18.8 Å². The largest absolute Gasteiger partial charge is 0.347 e. The number of rotatable bonds is 1. The molecule has 1 aliphatic carbocycles. The minimum atomic E-state index is -0.00287. The van der Waals surface area contributed by atoms with Crippen LogP contribution in [0.3, 0.4) is 0 Å². The summed E-state index contributed by atoms with van der Waals surface area (Å²) in [6.07, 6.45) is 3.85. The Morgan fingerprint density at radius 2 is 2.13 bits per heavy atom. The maximum absolute atomic E-state index is 11.8. The fraction of sp³-hybridized carbons (Fsp3) is 0.818. The molecule has 1 saturated heterocycles. The van der Waals surface area contributed by atoms with Crippen molar-refractivity contribution >= 4 is 11.8 Å². The Morgan fingerprint density at radius 1 is 1.33 bits per heavy atom. The maximum Gasteiger partial charge on any atom is 0.242 e. The van der Waals surface area contributed by atoms with Crippen LogP contribution in [0.25, 0.3) is 0 Å². The molecular formula is C11H18N2O2. The lowest BCUT2D eigenvalue weighted by Gasteiger charge is -2.27. The fourth-order valence-corrected chi connectivity index (χ4v) is 2.56. The number of nitrogens with one attached hydrogen (secondary N) is 1. The van der Waals surface area contributed by atoms with Gasteiger partial charge in [-0.1, -0.05) is 6.92 Å². The standard InChI is InChI=1S/C11H18N2O2/c1-8-2-3-9(6-8)13-5-4-10(14)12-7-11(13)15/h8-9H,2-7H2,1H3,(H,12,14). The Labute approximate surface area is 90.0 Å². The molecular weight excluding hydrogens is 192 g/mol. The van der Waals surface area contributed by atoms with Crippen molar-refractivity contribution in [3.63, 3.8) is 0 Å². The summed E-state index contributed by atoms with van der Waals surface area (Å²) < 4.78 is 0. The van der Waals surface area contributed by atoms with Gasteiger partial charge in [-0.3, -0.25) is 9.59 Å². The molecule has 2 atom stereocenters. The van der Waals surface area contributed by atoms with Crippen molar-refractivity contribution in [2.24, 2.45) is 5.92 Å². The minimum absolute atomic E-state index is 0.00287. The highest BCUT2D eigenvalue weighted by molar-refractivity contribution is 5.87. The Kier molecular flexibility index (Phi) is 2.93. The van der Waals surface area contributed by atoms with Gasteiger partial charge >= 0.3 is 0 Å². The van der Waals surface area contributed by atoms with Gasteiger partial charge in [0, 0.05) is 19.0 Å². The monoisotopic (exact) mass is 210 g/mol. The average molecular weight is 210 g/mol. The summed E-state index contributed by atoms with van der Waals surface area (Å²) in [5, 5.41) is 2.63. The Morgan fingerprint density at radius 3 is 2.80 bits per heavy atom. The number of hydrogen-bond donors (Lipinski definition) is 1. The summed E-state index contributed by atoms with van der Waals surface area (Å²) in [5.74, 6) is 0.798. The van der Waals surface area contributed by atoms with Crippen molar-refractivity contribution in [1.82, 2.24) is 10.2 Å². The molecule has 1 heterocycles. The van der Waals surface area contributed by atoms with E-state index >= 15 is 0 Å². The highest BCUT2D eigenvalue weighted by Crippen LogP contribution is 2.29. The fourth-order valence-electron chi connectivity index (χ4n) is 2.56. The van der Waals surface area contributed by atoms with Gasteiger partial charge in [-0.2, -0.15) is 0 Å². The third kappa shape index (κ3) is 2.30. The summed E-state index contributed by atoms with van der Waals surface area (Å²) in [6, 6.07) is 0.375. The second-order valence-corrected chi connectivity index (χ2v) is 4.69. The zero-order valence-electron chi connectivity index (χ0n) is 9.16. The molecule has 1 saturated carbocycles. The number of carbonyl (C=O) groups excluding carboxylic acids is 2. The van der Waals surface area contributed by atoms with E-state index in [4.69, 9.17) is 0 Å². The van der Waals surface area contributed by atoms with Crippen LogP contribution in [0.4, 0.5) is 0 Å². The molecule has 2 amide bonds. The number of amides is 2. The van der Waals surface area contributed by atoms with Crippen LogP contribution in [0, 0.1) is 5.92 Å². The van der Waals surface area contributed by atoms with Crippen LogP contribution in [0.15, 0.2) is 0 Å². The average Bonchev–Trinajstić information content (AvgIpc) is 2.54. The molecule has 2 rings (SSSR count). The zero-order chi connectivity index (χ0) is 10.8. The highest BCUT2D eigenvalue weighted by atomic mass is 16.2. The van der Waals surface area contributed by atoms with E-state index in [1.54, 1.807) is 0 Å². The van der Waals surface area contributed by atoms with E-state index < -0.39 is 0 Å². The summed E-state index contributed by atoms with van der Waals surface area (Å²) in [5.41, 5.74) is 0. The first-order valence-corrected chi connectivity index (χ1v) is 5.73. The minimum Gasteiger partial charge on any atom is -0.347 e. The summed E-state index contributed by atoms with van der Waals surface area (Å²) in [4.78, 5) is 24.8. The Hall–Kier alpha value is -1.06. The maximum atomic E-state index is 11.8. The van der Waals surface area contributed by atoms with Gasteiger partial charge in [0.05, 0.1) is 6.54 Å². The first-order chi connectivity index (χ1) is 7.16. The van der Waals surface area contributed by atoms with Crippen LogP contribution in [0.2, 0.25) is 0 Å². The van der Waals surface area contributed by atoms with Crippen molar-refractivity contribution in [1.29, 1.82) is 0 Å². The second-order valence-electron chi connectivity index (χ2n) is 4.69. The number of hydrogen-bond acceptors (Lipinski definition) is 2. The molecule has 4 nitrogen and oxygen atoms in total. The van der Waals surface area contributed by atoms with Gasteiger partial charge in [-0.25, -0.2) is 0 Å². The van der Waals surface area contributed by atoms with Crippen LogP contribution in [0.1, 0.15) is 32.6 Å². The molecule has 0 aromatic carbocycles. The molecule has 2 fully saturated rings. The molecule has 2 unspecified atom stereocenters. The van der Waals surface area contributed by atoms with E-state index in [1.165, 1.54) is 6.42 Å². The van der Waals surface area contributed by atoms with Gasteiger partial charge in [0.15, 0.2) is 0 Å². The van der Waals surface area contributed by atoms with Crippen molar-refractivity contribution < 1.29 is 9.59 Å². The van der Waals surface area contributed by atoms with Crippen LogP contribution >= 0.6 is 0 Å². The quantitative estimate of drug-likeness (QED) is 0.686. The van der Waals surface area contributed by atoms with Crippen LogP contribution in [-0.4, -0.2) is 35.8 Å². The SMILES string of the molecule is CC1CCC(N2CCC(=O)NCC2=O)C1. The smallest absolute Gasteiger partial charge is 0.242 e. The van der Waals surface area contributed by atoms with Crippen LogP contribution < -0.4 is 5.32 Å². The van der Waals surface area contributed by atoms with Gasteiger partial charge in [-0.15, -0.1) is 0 Å². The van der Waals surface area contributed by atoms with E-state index in [1.807, 2.05) is 4.90 Å². The van der Waals surface area contributed by atoms with Gasteiger partial charge in [0.25, 0.3) is 0 Å². The zero-order valence-corrected chi connectivity index (χ0v) is 9.16. The lowest BCUT2D eigenvalue weighted by atomic mass is 10.1. The van der Waals surface area contributed by atoms with Gasteiger partial charge < -0.3 is 10.2 Å². The molecule has 0 spiro atoms. The first kappa shape index (κ1) is 10.5. The van der Waals surface area contributed by atoms with Crippen LogP contribution in [0.5, 0.6) is 0 Å². The summed E-state index contributed by atoms with van der Waals surface area (Å²) in [6.45, 7) is 3.01. The van der Waals surface area contributed by atoms with E-state index in [9.17, 15) is 9.59 Å². The molecule has 84 valence electrons. The molecule has 4 heteroatoms. The van der Waals surface area contributed by atoms with Crippen LogP contribution in [-0.2, 0) is 9.59 Å². The third-order valence-corrected chi connectivity index (χ3v) is 3.44. The Balaban J connectivity index is 2.00.